The van der Waals surface area contributed by atoms with E-state index in [1.54, 1.807) is 4.90 Å². The molecule has 1 N–H and O–H groups in total. The van der Waals surface area contributed by atoms with Gasteiger partial charge in [-0.3, -0.25) is 0 Å². The Hall–Kier alpha value is -1.91. The summed E-state index contributed by atoms with van der Waals surface area (Å²) in [6.07, 6.45) is 2.68. The summed E-state index contributed by atoms with van der Waals surface area (Å²) in [5.41, 5.74) is 3.73. The lowest BCUT2D eigenvalue weighted by Crippen LogP contribution is -2.40. The van der Waals surface area contributed by atoms with Crippen LogP contribution >= 0.6 is 0 Å². The minimum atomic E-state index is 0.00592. The van der Waals surface area contributed by atoms with Crippen molar-refractivity contribution in [3.63, 3.8) is 0 Å². The van der Waals surface area contributed by atoms with Gasteiger partial charge in [-0.2, -0.15) is 0 Å². The number of ether oxygens (including phenoxy) is 2. The van der Waals surface area contributed by atoms with Crippen LogP contribution in [0.25, 0.3) is 0 Å². The zero-order chi connectivity index (χ0) is 15.5. The molecule has 2 amide bonds. The number of nitrogens with one attached hydrogen (secondary N) is 1. The van der Waals surface area contributed by atoms with E-state index in [1.807, 2.05) is 13.8 Å². The van der Waals surface area contributed by atoms with Gasteiger partial charge in [0.25, 0.3) is 0 Å². The molecule has 120 valence electrons. The monoisotopic (exact) mass is 304 g/mol. The van der Waals surface area contributed by atoms with E-state index < -0.39 is 0 Å². The maximum Gasteiger partial charge on any atom is 0.317 e. The van der Waals surface area contributed by atoms with Crippen LogP contribution in [0.5, 0.6) is 11.5 Å². The molecule has 3 rings (SSSR count). The third-order valence-electron chi connectivity index (χ3n) is 4.46. The van der Waals surface area contributed by atoms with Crippen LogP contribution in [0, 0.1) is 0 Å². The molecule has 2 aliphatic heterocycles. The lowest BCUT2D eigenvalue weighted by Gasteiger charge is -2.19. The summed E-state index contributed by atoms with van der Waals surface area (Å²) in [4.78, 5) is 13.8. The van der Waals surface area contributed by atoms with E-state index in [-0.39, 0.29) is 6.03 Å². The van der Waals surface area contributed by atoms with Crippen molar-refractivity contribution in [2.45, 2.75) is 33.1 Å². The summed E-state index contributed by atoms with van der Waals surface area (Å²) in [6.45, 7) is 7.57. The highest BCUT2D eigenvalue weighted by Gasteiger charge is 2.26. The lowest BCUT2D eigenvalue weighted by atomic mass is 9.97. The molecule has 0 aromatic heterocycles. The van der Waals surface area contributed by atoms with Crippen molar-refractivity contribution in [2.24, 2.45) is 0 Å². The van der Waals surface area contributed by atoms with Gasteiger partial charge < -0.3 is 19.7 Å². The Morgan fingerprint density at radius 2 is 2.00 bits per heavy atom. The van der Waals surface area contributed by atoms with Gasteiger partial charge in [-0.1, -0.05) is 0 Å². The average molecular weight is 304 g/mol. The molecular formula is C17H24N2O3. The van der Waals surface area contributed by atoms with E-state index in [0.29, 0.717) is 6.54 Å². The fraction of sp³-hybridized carbons (Fsp3) is 0.588. The van der Waals surface area contributed by atoms with Crippen molar-refractivity contribution in [2.75, 3.05) is 32.8 Å². The van der Waals surface area contributed by atoms with Gasteiger partial charge in [-0.05, 0) is 26.3 Å². The number of rotatable bonds is 5. The van der Waals surface area contributed by atoms with Crippen LogP contribution in [0.1, 0.15) is 30.5 Å². The van der Waals surface area contributed by atoms with Gasteiger partial charge in [-0.25, -0.2) is 4.79 Å². The topological polar surface area (TPSA) is 50.8 Å². The number of hydrogen-bond acceptors (Lipinski definition) is 3. The first-order chi connectivity index (χ1) is 10.7. The molecule has 0 fully saturated rings. The molecule has 1 aromatic carbocycles. The smallest absolute Gasteiger partial charge is 0.317 e. The second-order valence-electron chi connectivity index (χ2n) is 5.67. The fourth-order valence-corrected chi connectivity index (χ4v) is 3.27. The Bertz CT molecular complexity index is 535. The Morgan fingerprint density at radius 1 is 1.23 bits per heavy atom. The van der Waals surface area contributed by atoms with Crippen LogP contribution in [0.3, 0.4) is 0 Å². The minimum absolute atomic E-state index is 0.00592. The first kappa shape index (κ1) is 15.0. The first-order valence-electron chi connectivity index (χ1n) is 8.20. The second-order valence-corrected chi connectivity index (χ2v) is 5.67. The number of amides is 2. The largest absolute Gasteiger partial charge is 0.493 e. The molecule has 0 saturated heterocycles. The van der Waals surface area contributed by atoms with Gasteiger partial charge in [0.2, 0.25) is 0 Å². The zero-order valence-corrected chi connectivity index (χ0v) is 13.4. The molecule has 0 aliphatic carbocycles. The third-order valence-corrected chi connectivity index (χ3v) is 4.46. The van der Waals surface area contributed by atoms with Crippen molar-refractivity contribution in [1.82, 2.24) is 10.2 Å². The Labute approximate surface area is 131 Å². The van der Waals surface area contributed by atoms with Crippen LogP contribution in [0.15, 0.2) is 6.07 Å². The molecule has 5 nitrogen and oxygen atoms in total. The van der Waals surface area contributed by atoms with Crippen LogP contribution in [0.2, 0.25) is 0 Å². The van der Waals surface area contributed by atoms with Gasteiger partial charge in [0.1, 0.15) is 11.5 Å². The quantitative estimate of drug-likeness (QED) is 0.907. The highest BCUT2D eigenvalue weighted by molar-refractivity contribution is 5.74. The fourth-order valence-electron chi connectivity index (χ4n) is 3.27. The van der Waals surface area contributed by atoms with E-state index in [2.05, 4.69) is 11.4 Å². The van der Waals surface area contributed by atoms with Crippen molar-refractivity contribution in [3.8, 4) is 11.5 Å². The summed E-state index contributed by atoms with van der Waals surface area (Å²) in [5.74, 6) is 2.04. The number of fused-ring (bicyclic) bond motifs is 2. The van der Waals surface area contributed by atoms with E-state index in [9.17, 15) is 4.79 Å². The lowest BCUT2D eigenvalue weighted by molar-refractivity contribution is 0.203. The molecular weight excluding hydrogens is 280 g/mol. The van der Waals surface area contributed by atoms with Crippen molar-refractivity contribution in [1.29, 1.82) is 0 Å². The highest BCUT2D eigenvalue weighted by Crippen LogP contribution is 2.40. The minimum Gasteiger partial charge on any atom is -0.493 e. The van der Waals surface area contributed by atoms with E-state index in [1.165, 1.54) is 16.7 Å². The maximum atomic E-state index is 12.0. The second kappa shape index (κ2) is 6.46. The summed E-state index contributed by atoms with van der Waals surface area (Å²) < 4.78 is 11.5. The molecule has 0 unspecified atom stereocenters. The molecule has 2 aliphatic rings. The maximum absolute atomic E-state index is 12.0. The van der Waals surface area contributed by atoms with Gasteiger partial charge >= 0.3 is 6.03 Å². The molecule has 0 saturated carbocycles. The summed E-state index contributed by atoms with van der Waals surface area (Å²) in [5, 5.41) is 3.01. The zero-order valence-electron chi connectivity index (χ0n) is 13.4. The van der Waals surface area contributed by atoms with Crippen LogP contribution in [-0.4, -0.2) is 43.8 Å². The summed E-state index contributed by atoms with van der Waals surface area (Å²) >= 11 is 0. The first-order valence-corrected chi connectivity index (χ1v) is 8.20. The van der Waals surface area contributed by atoms with Gasteiger partial charge in [0, 0.05) is 49.2 Å². The predicted octanol–water partition coefficient (Wildman–Crippen LogP) is 2.15. The molecule has 1 aromatic rings. The Kier molecular flexibility index (Phi) is 4.41. The molecule has 0 bridgehead atoms. The van der Waals surface area contributed by atoms with Crippen molar-refractivity contribution < 1.29 is 14.3 Å². The van der Waals surface area contributed by atoms with Crippen molar-refractivity contribution in [3.05, 3.63) is 22.8 Å². The van der Waals surface area contributed by atoms with Gasteiger partial charge in [0.05, 0.1) is 13.2 Å². The molecule has 5 heteroatoms. The summed E-state index contributed by atoms with van der Waals surface area (Å²) in [6, 6.07) is 2.13. The molecule has 0 radical (unpaired) electrons. The van der Waals surface area contributed by atoms with Gasteiger partial charge in [-0.15, -0.1) is 0 Å². The standard InChI is InChI=1S/C17H24N2O3/c1-3-19(4-2)17(20)18-8-5-14-13-7-10-21-15(13)11-12-6-9-22-16(12)14/h11H,3-10H2,1-2H3,(H,18,20). The number of urea groups is 1. The third kappa shape index (κ3) is 2.72. The van der Waals surface area contributed by atoms with E-state index >= 15 is 0 Å². The Morgan fingerprint density at radius 3 is 2.77 bits per heavy atom. The number of nitrogens with zero attached hydrogens (tertiary/aromatic N) is 1. The number of carbonyl (C=O) groups is 1. The SMILES string of the molecule is CCN(CC)C(=O)NCCc1c2c(cc3c1OCC3)OCC2. The highest BCUT2D eigenvalue weighted by atomic mass is 16.5. The number of benzene rings is 1. The normalized spacial score (nSPS) is 14.8. The van der Waals surface area contributed by atoms with E-state index in [4.69, 9.17) is 9.47 Å². The average Bonchev–Trinajstić information content (AvgIpc) is 3.16. The van der Waals surface area contributed by atoms with Crippen LogP contribution < -0.4 is 14.8 Å². The summed E-state index contributed by atoms with van der Waals surface area (Å²) in [7, 11) is 0. The van der Waals surface area contributed by atoms with Crippen LogP contribution in [0.4, 0.5) is 4.79 Å². The van der Waals surface area contributed by atoms with E-state index in [0.717, 1.165) is 57.1 Å². The molecule has 2 heterocycles. The number of hydrogen-bond donors (Lipinski definition) is 1. The van der Waals surface area contributed by atoms with Crippen LogP contribution in [-0.2, 0) is 19.3 Å². The Balaban J connectivity index is 1.70. The van der Waals surface area contributed by atoms with Crippen molar-refractivity contribution >= 4 is 6.03 Å². The number of carbonyl (C=O) groups excluding carboxylic acids is 1. The molecule has 0 spiro atoms. The van der Waals surface area contributed by atoms with Gasteiger partial charge in [0.15, 0.2) is 0 Å². The predicted molar refractivity (Wildman–Crippen MR) is 84.9 cm³/mol. The molecule has 22 heavy (non-hydrogen) atoms. The molecule has 0 atom stereocenters.